The van der Waals surface area contributed by atoms with Gasteiger partial charge in [-0.15, -0.1) is 11.3 Å². The Balaban J connectivity index is 2.17. The Labute approximate surface area is 153 Å². The molecule has 0 aliphatic carbocycles. The van der Waals surface area contributed by atoms with Crippen molar-refractivity contribution in [1.29, 1.82) is 0 Å². The summed E-state index contributed by atoms with van der Waals surface area (Å²) in [6, 6.07) is 5.83. The van der Waals surface area contributed by atoms with Crippen molar-refractivity contribution in [3.8, 4) is 11.5 Å². The summed E-state index contributed by atoms with van der Waals surface area (Å²) in [6.07, 6.45) is 1.83. The van der Waals surface area contributed by atoms with Crippen LogP contribution in [0.2, 0.25) is 0 Å². The molecule has 6 heteroatoms. The number of carbonyl (C=O) groups excluding carboxylic acids is 1. The molecule has 5 nitrogen and oxygen atoms in total. The van der Waals surface area contributed by atoms with Crippen molar-refractivity contribution in [2.75, 3.05) is 20.3 Å². The molecule has 1 aromatic heterocycles. The molecular weight excluding hydrogens is 336 g/mol. The standard InChI is InChI=1S/C19H26N2O3S/c1-5-9-21(19(22)16-13-25-14(3)20-16)12-15-7-8-17(24-10-6-2)18(11-15)23-4/h7-8,11,13H,5-6,9-10,12H2,1-4H3. The highest BCUT2D eigenvalue weighted by molar-refractivity contribution is 7.09. The van der Waals surface area contributed by atoms with Crippen molar-refractivity contribution >= 4 is 17.2 Å². The van der Waals surface area contributed by atoms with E-state index in [1.165, 1.54) is 11.3 Å². The highest BCUT2D eigenvalue weighted by Crippen LogP contribution is 2.29. The maximum Gasteiger partial charge on any atom is 0.273 e. The molecule has 136 valence electrons. The van der Waals surface area contributed by atoms with E-state index in [1.807, 2.05) is 35.4 Å². The molecule has 0 atom stereocenters. The Bertz CT molecular complexity index is 700. The minimum absolute atomic E-state index is 0.0310. The van der Waals surface area contributed by atoms with Gasteiger partial charge in [0.05, 0.1) is 18.7 Å². The SMILES string of the molecule is CCCOc1ccc(CN(CCC)C(=O)c2csc(C)n2)cc1OC. The van der Waals surface area contributed by atoms with Crippen LogP contribution in [0.3, 0.4) is 0 Å². The van der Waals surface area contributed by atoms with E-state index < -0.39 is 0 Å². The second-order valence-electron chi connectivity index (χ2n) is 5.81. The molecule has 1 amide bonds. The van der Waals surface area contributed by atoms with Gasteiger partial charge in [0.2, 0.25) is 0 Å². The molecule has 0 saturated carbocycles. The number of nitrogens with zero attached hydrogens (tertiary/aromatic N) is 2. The van der Waals surface area contributed by atoms with Crippen LogP contribution in [-0.2, 0) is 6.54 Å². The molecule has 2 rings (SSSR count). The van der Waals surface area contributed by atoms with E-state index in [2.05, 4.69) is 18.8 Å². The summed E-state index contributed by atoms with van der Waals surface area (Å²) in [4.78, 5) is 18.9. The van der Waals surface area contributed by atoms with E-state index in [1.54, 1.807) is 7.11 Å². The molecule has 0 bridgehead atoms. The van der Waals surface area contributed by atoms with Crippen LogP contribution in [0.1, 0.15) is 47.7 Å². The van der Waals surface area contributed by atoms with Crippen LogP contribution in [0.4, 0.5) is 0 Å². The predicted octanol–water partition coefficient (Wildman–Crippen LogP) is 4.30. The van der Waals surface area contributed by atoms with Gasteiger partial charge in [-0.25, -0.2) is 4.98 Å². The zero-order valence-electron chi connectivity index (χ0n) is 15.4. The predicted molar refractivity (Wildman–Crippen MR) is 101 cm³/mol. The molecule has 25 heavy (non-hydrogen) atoms. The Hall–Kier alpha value is -2.08. The lowest BCUT2D eigenvalue weighted by molar-refractivity contribution is 0.0737. The van der Waals surface area contributed by atoms with E-state index >= 15 is 0 Å². The van der Waals surface area contributed by atoms with Gasteiger partial charge in [0.1, 0.15) is 5.69 Å². The van der Waals surface area contributed by atoms with Gasteiger partial charge in [-0.3, -0.25) is 4.79 Å². The number of thiazole rings is 1. The number of aryl methyl sites for hydroxylation is 1. The molecule has 0 unspecified atom stereocenters. The Morgan fingerprint density at radius 2 is 2.04 bits per heavy atom. The maximum absolute atomic E-state index is 12.7. The first-order chi connectivity index (χ1) is 12.1. The topological polar surface area (TPSA) is 51.7 Å². The molecule has 0 N–H and O–H groups in total. The average Bonchev–Trinajstić information content (AvgIpc) is 3.05. The largest absolute Gasteiger partial charge is 0.493 e. The van der Waals surface area contributed by atoms with Crippen molar-refractivity contribution in [1.82, 2.24) is 9.88 Å². The lowest BCUT2D eigenvalue weighted by Gasteiger charge is -2.22. The minimum Gasteiger partial charge on any atom is -0.493 e. The van der Waals surface area contributed by atoms with E-state index in [4.69, 9.17) is 9.47 Å². The first-order valence-electron chi connectivity index (χ1n) is 8.60. The number of hydrogen-bond acceptors (Lipinski definition) is 5. The number of aromatic nitrogens is 1. The summed E-state index contributed by atoms with van der Waals surface area (Å²) in [5, 5.41) is 2.72. The van der Waals surface area contributed by atoms with E-state index in [0.717, 1.165) is 29.2 Å². The van der Waals surface area contributed by atoms with E-state index in [9.17, 15) is 4.79 Å². The molecular formula is C19H26N2O3S. The van der Waals surface area contributed by atoms with Gasteiger partial charge in [-0.2, -0.15) is 0 Å². The summed E-state index contributed by atoms with van der Waals surface area (Å²) < 4.78 is 11.1. The van der Waals surface area contributed by atoms with Crippen molar-refractivity contribution < 1.29 is 14.3 Å². The van der Waals surface area contributed by atoms with Gasteiger partial charge in [-0.05, 0) is 37.5 Å². The summed E-state index contributed by atoms with van der Waals surface area (Å²) in [5.41, 5.74) is 1.53. The van der Waals surface area contributed by atoms with Crippen LogP contribution in [-0.4, -0.2) is 36.1 Å². The van der Waals surface area contributed by atoms with Crippen LogP contribution in [0.5, 0.6) is 11.5 Å². The first kappa shape index (κ1) is 19.2. The number of amides is 1. The molecule has 1 heterocycles. The Morgan fingerprint density at radius 3 is 2.64 bits per heavy atom. The van der Waals surface area contributed by atoms with Gasteiger partial charge in [0.15, 0.2) is 11.5 Å². The van der Waals surface area contributed by atoms with Crippen LogP contribution in [0.25, 0.3) is 0 Å². The number of rotatable bonds is 9. The van der Waals surface area contributed by atoms with Crippen molar-refractivity contribution in [2.24, 2.45) is 0 Å². The fraction of sp³-hybridized carbons (Fsp3) is 0.474. The molecule has 0 aliphatic rings. The fourth-order valence-corrected chi connectivity index (χ4v) is 3.09. The zero-order chi connectivity index (χ0) is 18.2. The number of ether oxygens (including phenoxy) is 2. The summed E-state index contributed by atoms with van der Waals surface area (Å²) in [7, 11) is 1.63. The smallest absolute Gasteiger partial charge is 0.273 e. The summed E-state index contributed by atoms with van der Waals surface area (Å²) in [6.45, 7) is 7.90. The summed E-state index contributed by atoms with van der Waals surface area (Å²) >= 11 is 1.49. The number of hydrogen-bond donors (Lipinski definition) is 0. The van der Waals surface area contributed by atoms with Crippen LogP contribution >= 0.6 is 11.3 Å². The third-order valence-corrected chi connectivity index (χ3v) is 4.46. The van der Waals surface area contributed by atoms with Crippen LogP contribution in [0.15, 0.2) is 23.6 Å². The molecule has 0 fully saturated rings. The number of carbonyl (C=O) groups is 1. The molecule has 1 aromatic carbocycles. The van der Waals surface area contributed by atoms with Crippen molar-refractivity contribution in [3.05, 3.63) is 39.8 Å². The van der Waals surface area contributed by atoms with Crippen molar-refractivity contribution in [2.45, 2.75) is 40.2 Å². The number of benzene rings is 1. The average molecular weight is 362 g/mol. The first-order valence-corrected chi connectivity index (χ1v) is 9.48. The van der Waals surface area contributed by atoms with Crippen LogP contribution < -0.4 is 9.47 Å². The highest BCUT2D eigenvalue weighted by atomic mass is 32.1. The normalized spacial score (nSPS) is 10.6. The van der Waals surface area contributed by atoms with Crippen molar-refractivity contribution in [3.63, 3.8) is 0 Å². The lowest BCUT2D eigenvalue weighted by atomic mass is 10.1. The fourth-order valence-electron chi connectivity index (χ4n) is 2.51. The monoisotopic (exact) mass is 362 g/mol. The van der Waals surface area contributed by atoms with Gasteiger partial charge in [-0.1, -0.05) is 19.9 Å². The van der Waals surface area contributed by atoms with Crippen LogP contribution in [0, 0.1) is 6.92 Å². The Kier molecular flexibility index (Phi) is 7.25. The third kappa shape index (κ3) is 5.19. The summed E-state index contributed by atoms with van der Waals surface area (Å²) in [5.74, 6) is 1.40. The highest BCUT2D eigenvalue weighted by Gasteiger charge is 2.18. The minimum atomic E-state index is -0.0310. The van der Waals surface area contributed by atoms with Gasteiger partial charge in [0.25, 0.3) is 5.91 Å². The van der Waals surface area contributed by atoms with Gasteiger partial charge in [0, 0.05) is 18.5 Å². The third-order valence-electron chi connectivity index (χ3n) is 3.68. The second kappa shape index (κ2) is 9.42. The molecule has 0 radical (unpaired) electrons. The molecule has 0 spiro atoms. The quantitative estimate of drug-likeness (QED) is 0.667. The van der Waals surface area contributed by atoms with E-state index in [0.29, 0.717) is 31.1 Å². The maximum atomic E-state index is 12.7. The zero-order valence-corrected chi connectivity index (χ0v) is 16.2. The lowest BCUT2D eigenvalue weighted by Crippen LogP contribution is -2.31. The Morgan fingerprint density at radius 1 is 1.24 bits per heavy atom. The van der Waals surface area contributed by atoms with Gasteiger partial charge < -0.3 is 14.4 Å². The second-order valence-corrected chi connectivity index (χ2v) is 6.87. The molecule has 0 saturated heterocycles. The van der Waals surface area contributed by atoms with Gasteiger partial charge >= 0.3 is 0 Å². The molecule has 0 aliphatic heterocycles. The van der Waals surface area contributed by atoms with E-state index in [-0.39, 0.29) is 5.91 Å². The molecule has 2 aromatic rings. The number of methoxy groups -OCH3 is 1.